The van der Waals surface area contributed by atoms with Gasteiger partial charge < -0.3 is 14.2 Å². The summed E-state index contributed by atoms with van der Waals surface area (Å²) in [5.41, 5.74) is 0. The SMILES string of the molecule is CC/C=C\C/C=C\C/C=C\C/C=C\C/C=C\C/C=C\C/C=C\C/C=C\CCCCCCCCC(=O)OCC(COC(=O)CCCCCCC/C=C\C/C=C\CCCCC)OC(=O)CCCCCCC/C=C\C/C=C\C/C=C\CC. The molecule has 0 N–H and O–H groups in total. The summed E-state index contributed by atoms with van der Waals surface area (Å²) in [5.74, 6) is -0.951. The van der Waals surface area contributed by atoms with Crippen LogP contribution in [0.4, 0.5) is 0 Å². The van der Waals surface area contributed by atoms with Crippen LogP contribution in [0.5, 0.6) is 0 Å². The molecule has 0 saturated heterocycles. The average molecular weight is 1090 g/mol. The maximum absolute atomic E-state index is 12.9. The number of hydrogen-bond donors (Lipinski definition) is 0. The van der Waals surface area contributed by atoms with Gasteiger partial charge in [0, 0.05) is 19.3 Å². The number of unbranched alkanes of at least 4 members (excludes halogenated alkanes) is 19. The Labute approximate surface area is 486 Å². The lowest BCUT2D eigenvalue weighted by molar-refractivity contribution is -0.167. The Morgan fingerprint density at radius 2 is 0.494 bits per heavy atom. The lowest BCUT2D eigenvalue weighted by atomic mass is 10.1. The summed E-state index contributed by atoms with van der Waals surface area (Å²) >= 11 is 0. The van der Waals surface area contributed by atoms with Gasteiger partial charge in [0.2, 0.25) is 0 Å². The second-order valence-corrected chi connectivity index (χ2v) is 20.5. The highest BCUT2D eigenvalue weighted by Crippen LogP contribution is 2.14. The molecule has 1 atom stereocenters. The van der Waals surface area contributed by atoms with E-state index in [-0.39, 0.29) is 31.1 Å². The lowest BCUT2D eigenvalue weighted by Gasteiger charge is -2.18. The van der Waals surface area contributed by atoms with Crippen LogP contribution in [0.25, 0.3) is 0 Å². The van der Waals surface area contributed by atoms with E-state index in [0.717, 1.165) is 186 Å². The molecule has 444 valence electrons. The summed E-state index contributed by atoms with van der Waals surface area (Å²) in [6, 6.07) is 0. The van der Waals surface area contributed by atoms with E-state index in [1.165, 1.54) is 38.5 Å². The molecule has 0 fully saturated rings. The molecule has 0 amide bonds. The summed E-state index contributed by atoms with van der Waals surface area (Å²) in [4.78, 5) is 38.3. The molecule has 0 rings (SSSR count). The standard InChI is InChI=1S/C73H116O6/c1-4-7-10-13-16-19-22-25-28-29-30-31-32-33-34-35-36-37-38-39-40-41-42-43-46-48-51-54-57-60-63-66-72(75)78-69-70(79-73(76)67-64-61-58-55-52-49-45-27-24-21-18-15-12-9-6-3)68-77-71(74)65-62-59-56-53-50-47-44-26-23-20-17-14-11-8-5-2/h7,9-10,12,16-21,25-28,30-31,33-34,36-37,39-40,42-45,70H,4-6,8,11,13-15,22-24,29,32,35,38,41,46-69H2,1-3H3/b10-7-,12-9-,19-16-,20-17-,21-18-,28-25-,31-30-,34-33-,37-36-,40-39-,43-42-,44-26-,45-27-. The number of carbonyl (C=O) groups is 3. The van der Waals surface area contributed by atoms with Crippen LogP contribution < -0.4 is 0 Å². The highest BCUT2D eigenvalue weighted by molar-refractivity contribution is 5.71. The van der Waals surface area contributed by atoms with Crippen molar-refractivity contribution in [2.24, 2.45) is 0 Å². The van der Waals surface area contributed by atoms with Gasteiger partial charge in [-0.2, -0.15) is 0 Å². The van der Waals surface area contributed by atoms with Gasteiger partial charge >= 0.3 is 17.9 Å². The Kier molecular flexibility index (Phi) is 61.4. The number of ether oxygens (including phenoxy) is 3. The first-order valence-electron chi connectivity index (χ1n) is 32.0. The number of allylic oxidation sites excluding steroid dienone is 26. The number of rotatable bonds is 56. The predicted octanol–water partition coefficient (Wildman–Crippen LogP) is 22.1. The second-order valence-electron chi connectivity index (χ2n) is 20.5. The topological polar surface area (TPSA) is 78.9 Å². The van der Waals surface area contributed by atoms with Crippen LogP contribution in [0.2, 0.25) is 0 Å². The van der Waals surface area contributed by atoms with Gasteiger partial charge in [0.05, 0.1) is 0 Å². The molecule has 0 aliphatic rings. The van der Waals surface area contributed by atoms with E-state index in [1.807, 2.05) is 0 Å². The third kappa shape index (κ3) is 63.7. The number of carbonyl (C=O) groups excluding carboxylic acids is 3. The molecule has 6 heteroatoms. The summed E-state index contributed by atoms with van der Waals surface area (Å²) < 4.78 is 16.9. The number of hydrogen-bond acceptors (Lipinski definition) is 6. The van der Waals surface area contributed by atoms with Gasteiger partial charge in [-0.05, 0) is 148 Å². The highest BCUT2D eigenvalue weighted by atomic mass is 16.6. The maximum atomic E-state index is 12.9. The largest absolute Gasteiger partial charge is 0.462 e. The smallest absolute Gasteiger partial charge is 0.306 e. The van der Waals surface area contributed by atoms with E-state index in [4.69, 9.17) is 14.2 Å². The van der Waals surface area contributed by atoms with E-state index in [1.54, 1.807) is 0 Å². The van der Waals surface area contributed by atoms with Crippen LogP contribution >= 0.6 is 0 Å². The monoisotopic (exact) mass is 1090 g/mol. The van der Waals surface area contributed by atoms with Crippen molar-refractivity contribution in [2.45, 2.75) is 271 Å². The molecule has 1 unspecified atom stereocenters. The third-order valence-corrected chi connectivity index (χ3v) is 13.0. The van der Waals surface area contributed by atoms with Gasteiger partial charge in [-0.25, -0.2) is 0 Å². The van der Waals surface area contributed by atoms with Crippen LogP contribution in [0.15, 0.2) is 158 Å². The minimum absolute atomic E-state index is 0.103. The van der Waals surface area contributed by atoms with Crippen molar-refractivity contribution in [1.82, 2.24) is 0 Å². The Balaban J connectivity index is 4.38. The van der Waals surface area contributed by atoms with Crippen molar-refractivity contribution in [2.75, 3.05) is 13.2 Å². The maximum Gasteiger partial charge on any atom is 0.306 e. The first kappa shape index (κ1) is 74.0. The molecule has 0 spiro atoms. The predicted molar refractivity (Wildman–Crippen MR) is 343 cm³/mol. The lowest BCUT2D eigenvalue weighted by Crippen LogP contribution is -2.30. The molecule has 0 saturated carbocycles. The van der Waals surface area contributed by atoms with Gasteiger partial charge in [0.1, 0.15) is 13.2 Å². The molecule has 0 aromatic carbocycles. The van der Waals surface area contributed by atoms with Crippen LogP contribution in [-0.2, 0) is 28.6 Å². The van der Waals surface area contributed by atoms with Gasteiger partial charge in [-0.15, -0.1) is 0 Å². The molecular formula is C73H116O6. The molecule has 0 bridgehead atoms. The first-order chi connectivity index (χ1) is 39.0. The zero-order chi connectivity index (χ0) is 57.1. The molecule has 0 aromatic heterocycles. The summed E-state index contributed by atoms with van der Waals surface area (Å²) in [6.07, 6.45) is 95.3. The van der Waals surface area contributed by atoms with Crippen LogP contribution in [0.1, 0.15) is 265 Å². The van der Waals surface area contributed by atoms with Gasteiger partial charge in [-0.1, -0.05) is 256 Å². The fraction of sp³-hybridized carbons (Fsp3) is 0.603. The Morgan fingerprint density at radius 1 is 0.266 bits per heavy atom. The average Bonchev–Trinajstić information content (AvgIpc) is 3.45. The first-order valence-corrected chi connectivity index (χ1v) is 32.0. The Hall–Kier alpha value is -4.97. The second kappa shape index (κ2) is 65.5. The van der Waals surface area contributed by atoms with Crippen molar-refractivity contribution in [3.05, 3.63) is 158 Å². The summed E-state index contributed by atoms with van der Waals surface area (Å²) in [5, 5.41) is 0. The molecule has 0 aliphatic carbocycles. The quantitative estimate of drug-likeness (QED) is 0.0261. The molecule has 0 radical (unpaired) electrons. The molecule has 0 aliphatic heterocycles. The third-order valence-electron chi connectivity index (χ3n) is 13.0. The summed E-state index contributed by atoms with van der Waals surface area (Å²) in [7, 11) is 0. The molecule has 0 heterocycles. The van der Waals surface area contributed by atoms with Crippen molar-refractivity contribution in [3.63, 3.8) is 0 Å². The molecular weight excluding hydrogens is 973 g/mol. The minimum Gasteiger partial charge on any atom is -0.462 e. The van der Waals surface area contributed by atoms with Gasteiger partial charge in [-0.3, -0.25) is 14.4 Å². The normalized spacial score (nSPS) is 13.2. The fourth-order valence-corrected chi connectivity index (χ4v) is 8.27. The van der Waals surface area contributed by atoms with Gasteiger partial charge in [0.25, 0.3) is 0 Å². The molecule has 6 nitrogen and oxygen atoms in total. The zero-order valence-corrected chi connectivity index (χ0v) is 50.8. The van der Waals surface area contributed by atoms with Crippen molar-refractivity contribution in [1.29, 1.82) is 0 Å². The molecule has 0 aromatic rings. The van der Waals surface area contributed by atoms with E-state index < -0.39 is 6.10 Å². The Morgan fingerprint density at radius 3 is 0.772 bits per heavy atom. The van der Waals surface area contributed by atoms with Crippen LogP contribution in [-0.4, -0.2) is 37.2 Å². The van der Waals surface area contributed by atoms with Gasteiger partial charge in [0.15, 0.2) is 6.10 Å². The van der Waals surface area contributed by atoms with Crippen LogP contribution in [0.3, 0.4) is 0 Å². The number of esters is 3. The zero-order valence-electron chi connectivity index (χ0n) is 50.8. The summed E-state index contributed by atoms with van der Waals surface area (Å²) in [6.45, 7) is 6.34. The highest BCUT2D eigenvalue weighted by Gasteiger charge is 2.19. The van der Waals surface area contributed by atoms with Crippen molar-refractivity contribution >= 4 is 17.9 Å². The molecule has 79 heavy (non-hydrogen) atoms. The minimum atomic E-state index is -0.808. The van der Waals surface area contributed by atoms with E-state index in [0.29, 0.717) is 19.3 Å². The van der Waals surface area contributed by atoms with E-state index >= 15 is 0 Å². The van der Waals surface area contributed by atoms with E-state index in [9.17, 15) is 14.4 Å². The van der Waals surface area contributed by atoms with Crippen molar-refractivity contribution < 1.29 is 28.6 Å². The fourth-order valence-electron chi connectivity index (χ4n) is 8.27. The Bertz CT molecular complexity index is 1780. The van der Waals surface area contributed by atoms with Crippen LogP contribution in [0, 0.1) is 0 Å². The van der Waals surface area contributed by atoms with E-state index in [2.05, 4.69) is 179 Å². The van der Waals surface area contributed by atoms with Crippen molar-refractivity contribution in [3.8, 4) is 0 Å².